The maximum Gasteiger partial charge on any atom is 0.417 e. The third-order valence-electron chi connectivity index (χ3n) is 6.33. The van der Waals surface area contributed by atoms with Gasteiger partial charge in [-0.3, -0.25) is 13.9 Å². The lowest BCUT2D eigenvalue weighted by Gasteiger charge is -2.32. The van der Waals surface area contributed by atoms with Crippen molar-refractivity contribution < 1.29 is 31.2 Å². The molecule has 1 atom stereocenters. The summed E-state index contributed by atoms with van der Waals surface area (Å²) < 4.78 is 66.9. The van der Waals surface area contributed by atoms with Gasteiger partial charge in [0.05, 0.1) is 22.5 Å². The molecule has 1 aliphatic rings. The third-order valence-corrected chi connectivity index (χ3v) is 8.30. The van der Waals surface area contributed by atoms with Gasteiger partial charge in [0.2, 0.25) is 21.8 Å². The van der Waals surface area contributed by atoms with Crippen LogP contribution in [0, 0.1) is 0 Å². The Morgan fingerprint density at radius 3 is 2.39 bits per heavy atom. The molecule has 2 aromatic carbocycles. The van der Waals surface area contributed by atoms with E-state index in [1.165, 1.54) is 11.8 Å². The van der Waals surface area contributed by atoms with E-state index in [4.69, 9.17) is 11.6 Å². The largest absolute Gasteiger partial charge is 0.417 e. The number of carbonyl (C=O) groups is 2. The molecule has 0 heterocycles. The molecule has 2 aromatic rings. The topological polar surface area (TPSA) is 86.8 Å². The van der Waals surface area contributed by atoms with E-state index < -0.39 is 51.2 Å². The van der Waals surface area contributed by atoms with Crippen molar-refractivity contribution in [3.05, 3.63) is 63.1 Å². The smallest absolute Gasteiger partial charge is 0.352 e. The van der Waals surface area contributed by atoms with Gasteiger partial charge in [-0.25, -0.2) is 8.42 Å². The van der Waals surface area contributed by atoms with Crippen LogP contribution in [0.3, 0.4) is 0 Å². The number of nitrogens with zero attached hydrogens (tertiary/aromatic N) is 2. The van der Waals surface area contributed by atoms with E-state index in [0.717, 1.165) is 48.5 Å². The summed E-state index contributed by atoms with van der Waals surface area (Å²) in [6.45, 7) is 0.700. The Hall–Kier alpha value is -2.31. The number of nitrogens with one attached hydrogen (secondary N) is 1. The van der Waals surface area contributed by atoms with Gasteiger partial charge in [-0.15, -0.1) is 0 Å². The number of benzene rings is 2. The molecule has 1 saturated carbocycles. The number of amides is 2. The first kappa shape index (κ1) is 30.2. The molecule has 2 amide bonds. The molecule has 0 aliphatic heterocycles. The highest BCUT2D eigenvalue weighted by atomic mass is 79.9. The highest BCUT2D eigenvalue weighted by Crippen LogP contribution is 2.37. The zero-order valence-corrected chi connectivity index (χ0v) is 23.9. The summed E-state index contributed by atoms with van der Waals surface area (Å²) in [4.78, 5) is 27.9. The fraction of sp³-hybridized carbons (Fsp3) is 0.440. The Bertz CT molecular complexity index is 1290. The SMILES string of the molecule is CC(C(=O)NC1CCCC1)N(Cc1cccc(Br)c1)C(=O)CN(c1ccc(Cl)c(C(F)(F)F)c1)S(C)(=O)=O. The normalized spacial score (nSPS) is 15.2. The minimum atomic E-state index is -4.83. The summed E-state index contributed by atoms with van der Waals surface area (Å²) in [5.41, 5.74) is -0.930. The van der Waals surface area contributed by atoms with E-state index in [1.54, 1.807) is 24.3 Å². The van der Waals surface area contributed by atoms with Gasteiger partial charge in [-0.2, -0.15) is 13.2 Å². The standard InChI is InChI=1S/C25H28BrClF3N3O4S/c1-16(24(35)31-19-8-3-4-9-19)32(14-17-6-5-7-18(26)12-17)23(34)15-33(38(2,36)37)20-10-11-22(27)21(13-20)25(28,29)30/h5-7,10-13,16,19H,3-4,8-9,14-15H2,1-2H3,(H,31,35). The van der Waals surface area contributed by atoms with Crippen LogP contribution in [0.15, 0.2) is 46.9 Å². The van der Waals surface area contributed by atoms with Crippen LogP contribution in [0.1, 0.15) is 43.7 Å². The molecule has 0 bridgehead atoms. The zero-order chi connectivity index (χ0) is 28.3. The first-order chi connectivity index (χ1) is 17.7. The molecule has 13 heteroatoms. The van der Waals surface area contributed by atoms with E-state index in [-0.39, 0.29) is 18.3 Å². The second-order valence-electron chi connectivity index (χ2n) is 9.25. The number of halogens is 5. The van der Waals surface area contributed by atoms with Crippen LogP contribution in [0.5, 0.6) is 0 Å². The lowest BCUT2D eigenvalue weighted by atomic mass is 10.1. The summed E-state index contributed by atoms with van der Waals surface area (Å²) in [5, 5.41) is 2.34. The summed E-state index contributed by atoms with van der Waals surface area (Å²) in [6.07, 6.45) is -0.401. The van der Waals surface area contributed by atoms with E-state index in [9.17, 15) is 31.2 Å². The molecule has 38 heavy (non-hydrogen) atoms. The van der Waals surface area contributed by atoms with Gasteiger partial charge in [-0.1, -0.05) is 52.5 Å². The van der Waals surface area contributed by atoms with E-state index in [0.29, 0.717) is 15.9 Å². The van der Waals surface area contributed by atoms with Gasteiger partial charge >= 0.3 is 6.18 Å². The zero-order valence-electron chi connectivity index (χ0n) is 20.8. The molecule has 208 valence electrons. The van der Waals surface area contributed by atoms with Gasteiger partial charge in [0, 0.05) is 17.1 Å². The number of hydrogen-bond acceptors (Lipinski definition) is 4. The first-order valence-electron chi connectivity index (χ1n) is 11.9. The van der Waals surface area contributed by atoms with Crippen molar-refractivity contribution in [2.75, 3.05) is 17.1 Å². The lowest BCUT2D eigenvalue weighted by molar-refractivity contribution is -0.139. The van der Waals surface area contributed by atoms with E-state index in [2.05, 4.69) is 21.2 Å². The predicted molar refractivity (Wildman–Crippen MR) is 143 cm³/mol. The van der Waals surface area contributed by atoms with Crippen molar-refractivity contribution in [1.82, 2.24) is 10.2 Å². The van der Waals surface area contributed by atoms with Crippen LogP contribution >= 0.6 is 27.5 Å². The van der Waals surface area contributed by atoms with Crippen molar-refractivity contribution in [3.8, 4) is 0 Å². The van der Waals surface area contributed by atoms with Crippen molar-refractivity contribution in [1.29, 1.82) is 0 Å². The number of rotatable bonds is 9. The monoisotopic (exact) mass is 637 g/mol. The average molecular weight is 639 g/mol. The number of hydrogen-bond donors (Lipinski definition) is 1. The Morgan fingerprint density at radius 2 is 1.82 bits per heavy atom. The number of alkyl halides is 3. The molecule has 1 unspecified atom stereocenters. The van der Waals surface area contributed by atoms with Crippen molar-refractivity contribution >= 4 is 55.1 Å². The van der Waals surface area contributed by atoms with Crippen molar-refractivity contribution in [3.63, 3.8) is 0 Å². The maximum absolute atomic E-state index is 13.6. The molecule has 0 radical (unpaired) electrons. The molecule has 7 nitrogen and oxygen atoms in total. The Morgan fingerprint density at radius 1 is 1.16 bits per heavy atom. The summed E-state index contributed by atoms with van der Waals surface area (Å²) in [7, 11) is -4.20. The van der Waals surface area contributed by atoms with E-state index in [1.807, 2.05) is 0 Å². The molecule has 1 fully saturated rings. The van der Waals surface area contributed by atoms with Crippen LogP contribution in [0.2, 0.25) is 5.02 Å². The van der Waals surface area contributed by atoms with Gasteiger partial charge < -0.3 is 10.2 Å². The second-order valence-corrected chi connectivity index (χ2v) is 12.5. The fourth-order valence-electron chi connectivity index (χ4n) is 4.31. The Labute approximate surface area is 233 Å². The van der Waals surface area contributed by atoms with Gasteiger partial charge in [0.1, 0.15) is 12.6 Å². The van der Waals surface area contributed by atoms with E-state index >= 15 is 0 Å². The maximum atomic E-state index is 13.6. The predicted octanol–water partition coefficient (Wildman–Crippen LogP) is 5.36. The van der Waals surface area contributed by atoms with Crippen LogP contribution in [0.25, 0.3) is 0 Å². The number of sulfonamides is 1. The molecule has 0 spiro atoms. The lowest BCUT2D eigenvalue weighted by Crippen LogP contribution is -2.52. The quantitative estimate of drug-likeness (QED) is 0.401. The third kappa shape index (κ3) is 7.86. The van der Waals surface area contributed by atoms with Gasteiger partial charge in [-0.05, 0) is 55.7 Å². The highest BCUT2D eigenvalue weighted by molar-refractivity contribution is 9.10. The molecule has 0 saturated heterocycles. The highest BCUT2D eigenvalue weighted by Gasteiger charge is 2.36. The molecular weight excluding hydrogens is 611 g/mol. The average Bonchev–Trinajstić information content (AvgIpc) is 3.32. The minimum Gasteiger partial charge on any atom is -0.352 e. The molecule has 1 N–H and O–H groups in total. The summed E-state index contributed by atoms with van der Waals surface area (Å²) >= 11 is 9.06. The Balaban J connectivity index is 1.94. The van der Waals surface area contributed by atoms with Crippen molar-refractivity contribution in [2.24, 2.45) is 0 Å². The number of anilines is 1. The summed E-state index contributed by atoms with van der Waals surface area (Å²) in [6, 6.07) is 8.68. The fourth-order valence-corrected chi connectivity index (χ4v) is 5.82. The van der Waals surface area contributed by atoms with Crippen LogP contribution in [0.4, 0.5) is 18.9 Å². The van der Waals surface area contributed by atoms with Crippen LogP contribution in [-0.4, -0.2) is 50.0 Å². The van der Waals surface area contributed by atoms with Crippen LogP contribution in [-0.2, 0) is 32.3 Å². The summed E-state index contributed by atoms with van der Waals surface area (Å²) in [5.74, 6) is -1.15. The Kier molecular flexibility index (Phi) is 9.75. The van der Waals surface area contributed by atoms with Crippen LogP contribution < -0.4 is 9.62 Å². The molecule has 0 aromatic heterocycles. The van der Waals surface area contributed by atoms with Gasteiger partial charge in [0.15, 0.2) is 0 Å². The minimum absolute atomic E-state index is 0.00449. The molecule has 3 rings (SSSR count). The first-order valence-corrected chi connectivity index (χ1v) is 14.9. The number of carbonyl (C=O) groups excluding carboxylic acids is 2. The van der Waals surface area contributed by atoms with Gasteiger partial charge in [0.25, 0.3) is 0 Å². The molecule has 1 aliphatic carbocycles. The second kappa shape index (κ2) is 12.3. The molecular formula is C25H28BrClF3N3O4S. The van der Waals surface area contributed by atoms with Crippen molar-refractivity contribution in [2.45, 2.75) is 57.4 Å².